The number of rotatable bonds is 3. The second-order valence-corrected chi connectivity index (χ2v) is 6.86. The van der Waals surface area contributed by atoms with Gasteiger partial charge < -0.3 is 9.80 Å². The van der Waals surface area contributed by atoms with Crippen LogP contribution in [0.5, 0.6) is 0 Å². The number of likely N-dealkylation sites (N-methyl/N-ethyl adjacent to an activating group) is 1. The lowest BCUT2D eigenvalue weighted by molar-refractivity contribution is 0.0717. The molecule has 0 radical (unpaired) electrons. The summed E-state index contributed by atoms with van der Waals surface area (Å²) in [4.78, 5) is 20.8. The maximum Gasteiger partial charge on any atom is 0.257 e. The molecule has 3 heterocycles. The number of halogens is 2. The van der Waals surface area contributed by atoms with Crippen LogP contribution in [0.25, 0.3) is 0 Å². The Morgan fingerprint density at radius 3 is 2.83 bits per heavy atom. The number of hydrogen-bond acceptors (Lipinski definition) is 4. The van der Waals surface area contributed by atoms with Gasteiger partial charge in [0.05, 0.1) is 21.8 Å². The average molecular weight is 368 g/mol. The molecule has 0 saturated carbocycles. The predicted molar refractivity (Wildman–Crippen MR) is 94.8 cm³/mol. The van der Waals surface area contributed by atoms with E-state index in [1.165, 1.54) is 0 Å². The van der Waals surface area contributed by atoms with Crippen molar-refractivity contribution in [2.24, 2.45) is 7.05 Å². The fraction of sp³-hybridized carbons (Fsp3) is 0.438. The molecule has 24 heavy (non-hydrogen) atoms. The average Bonchev–Trinajstić information content (AvgIpc) is 3.00. The van der Waals surface area contributed by atoms with Crippen molar-refractivity contribution < 1.29 is 4.79 Å². The summed E-state index contributed by atoms with van der Waals surface area (Å²) in [6.45, 7) is 1.55. The molecule has 1 aliphatic heterocycles. The third kappa shape index (κ3) is 3.49. The van der Waals surface area contributed by atoms with Crippen LogP contribution >= 0.6 is 23.2 Å². The molecule has 128 valence electrons. The van der Waals surface area contributed by atoms with E-state index in [-0.39, 0.29) is 11.9 Å². The molecule has 0 aliphatic carbocycles. The number of nitrogens with zero attached hydrogens (tertiary/aromatic N) is 5. The van der Waals surface area contributed by atoms with Crippen LogP contribution in [0, 0.1) is 0 Å². The van der Waals surface area contributed by atoms with Gasteiger partial charge in [0.25, 0.3) is 5.91 Å². The highest BCUT2D eigenvalue weighted by molar-refractivity contribution is 6.36. The van der Waals surface area contributed by atoms with Crippen LogP contribution in [0.1, 0.15) is 23.2 Å². The first-order valence-corrected chi connectivity index (χ1v) is 8.53. The first-order valence-electron chi connectivity index (χ1n) is 7.77. The van der Waals surface area contributed by atoms with E-state index in [2.05, 4.69) is 15.0 Å². The predicted octanol–water partition coefficient (Wildman–Crippen LogP) is 2.86. The minimum atomic E-state index is -0.0230. The molecule has 1 fully saturated rings. The van der Waals surface area contributed by atoms with Crippen LogP contribution in [0.3, 0.4) is 0 Å². The molecular formula is C16H19Cl2N5O. The van der Waals surface area contributed by atoms with E-state index >= 15 is 0 Å². The molecule has 1 aliphatic rings. The first-order chi connectivity index (χ1) is 11.5. The Hall–Kier alpha value is -1.79. The van der Waals surface area contributed by atoms with E-state index in [0.29, 0.717) is 28.0 Å². The Morgan fingerprint density at radius 1 is 1.38 bits per heavy atom. The minimum absolute atomic E-state index is 0.0230. The van der Waals surface area contributed by atoms with Crippen molar-refractivity contribution in [1.82, 2.24) is 19.7 Å². The van der Waals surface area contributed by atoms with Gasteiger partial charge in [-0.25, -0.2) is 4.98 Å². The number of aryl methyl sites for hydroxylation is 1. The lowest BCUT2D eigenvalue weighted by Gasteiger charge is -2.38. The second-order valence-electron chi connectivity index (χ2n) is 6.02. The number of hydrogen-bond donors (Lipinski definition) is 0. The number of amides is 1. The van der Waals surface area contributed by atoms with Crippen LogP contribution in [0.15, 0.2) is 24.7 Å². The van der Waals surface area contributed by atoms with Crippen molar-refractivity contribution in [1.29, 1.82) is 0 Å². The highest BCUT2D eigenvalue weighted by atomic mass is 35.5. The number of carbonyl (C=O) groups is 1. The molecule has 0 aromatic carbocycles. The Kier molecular flexibility index (Phi) is 4.96. The molecule has 2 aromatic rings. The lowest BCUT2D eigenvalue weighted by Crippen LogP contribution is -2.49. The monoisotopic (exact) mass is 367 g/mol. The smallest absolute Gasteiger partial charge is 0.257 e. The zero-order valence-corrected chi connectivity index (χ0v) is 15.1. The fourth-order valence-corrected chi connectivity index (χ4v) is 3.50. The van der Waals surface area contributed by atoms with Gasteiger partial charge in [-0.3, -0.25) is 9.48 Å². The van der Waals surface area contributed by atoms with Gasteiger partial charge in [0.1, 0.15) is 5.82 Å². The van der Waals surface area contributed by atoms with Gasteiger partial charge in [-0.05, 0) is 18.9 Å². The minimum Gasteiger partial charge on any atom is -0.353 e. The Balaban J connectivity index is 1.74. The summed E-state index contributed by atoms with van der Waals surface area (Å²) in [6, 6.07) is 1.79. The van der Waals surface area contributed by atoms with Crippen LogP contribution in [-0.4, -0.2) is 51.8 Å². The first kappa shape index (κ1) is 17.0. The maximum atomic E-state index is 12.6. The van der Waals surface area contributed by atoms with Gasteiger partial charge in [-0.1, -0.05) is 23.2 Å². The molecule has 0 bridgehead atoms. The van der Waals surface area contributed by atoms with Crippen LogP contribution < -0.4 is 4.90 Å². The molecule has 1 amide bonds. The van der Waals surface area contributed by atoms with Gasteiger partial charge in [0.2, 0.25) is 0 Å². The summed E-state index contributed by atoms with van der Waals surface area (Å²) < 4.78 is 1.63. The Morgan fingerprint density at radius 2 is 2.17 bits per heavy atom. The van der Waals surface area contributed by atoms with Crippen molar-refractivity contribution in [3.8, 4) is 0 Å². The number of anilines is 1. The molecule has 1 atom stereocenters. The molecule has 1 unspecified atom stereocenters. The molecule has 8 heteroatoms. The molecule has 0 spiro atoms. The van der Waals surface area contributed by atoms with Gasteiger partial charge in [0, 0.05) is 45.6 Å². The van der Waals surface area contributed by atoms with Crippen molar-refractivity contribution in [2.45, 2.75) is 18.9 Å². The lowest BCUT2D eigenvalue weighted by atomic mass is 10.0. The molecule has 6 nitrogen and oxygen atoms in total. The van der Waals surface area contributed by atoms with Crippen LogP contribution in [0.2, 0.25) is 10.0 Å². The van der Waals surface area contributed by atoms with Gasteiger partial charge in [0.15, 0.2) is 0 Å². The molecule has 0 N–H and O–H groups in total. The zero-order chi connectivity index (χ0) is 17.3. The number of aromatic nitrogens is 3. The Bertz CT molecular complexity index is 748. The second kappa shape index (κ2) is 6.99. The third-order valence-electron chi connectivity index (χ3n) is 4.30. The summed E-state index contributed by atoms with van der Waals surface area (Å²) in [6.07, 6.45) is 6.84. The number of piperidine rings is 1. The molecular weight excluding hydrogens is 349 g/mol. The van der Waals surface area contributed by atoms with Crippen LogP contribution in [0.4, 0.5) is 5.82 Å². The highest BCUT2D eigenvalue weighted by Gasteiger charge is 2.28. The van der Waals surface area contributed by atoms with Crippen molar-refractivity contribution >= 4 is 34.9 Å². The van der Waals surface area contributed by atoms with Gasteiger partial charge >= 0.3 is 0 Å². The summed E-state index contributed by atoms with van der Waals surface area (Å²) >= 11 is 12.2. The van der Waals surface area contributed by atoms with E-state index in [1.54, 1.807) is 41.3 Å². The molecule has 3 rings (SSSR count). The van der Waals surface area contributed by atoms with Crippen molar-refractivity contribution in [3.63, 3.8) is 0 Å². The summed E-state index contributed by atoms with van der Waals surface area (Å²) in [5.74, 6) is 0.693. The van der Waals surface area contributed by atoms with E-state index < -0.39 is 0 Å². The Labute approximate surface area is 151 Å². The summed E-state index contributed by atoms with van der Waals surface area (Å²) in [5.41, 5.74) is 0.597. The van der Waals surface area contributed by atoms with Crippen LogP contribution in [-0.2, 0) is 7.05 Å². The van der Waals surface area contributed by atoms with Gasteiger partial charge in [-0.2, -0.15) is 5.10 Å². The van der Waals surface area contributed by atoms with E-state index in [9.17, 15) is 4.79 Å². The van der Waals surface area contributed by atoms with E-state index in [0.717, 1.165) is 19.4 Å². The third-order valence-corrected chi connectivity index (χ3v) is 4.79. The quantitative estimate of drug-likeness (QED) is 0.836. The highest BCUT2D eigenvalue weighted by Crippen LogP contribution is 2.29. The molecule has 2 aromatic heterocycles. The standard InChI is InChI=1S/C16H19Cl2N5O/c1-21-9-11(7-20-21)16(24)22(2)13-4-3-5-23(10-13)15-14(18)6-12(17)8-19-15/h6-9,13H,3-5,10H2,1-2H3. The zero-order valence-electron chi connectivity index (χ0n) is 13.6. The van der Waals surface area contributed by atoms with Crippen molar-refractivity contribution in [2.75, 3.05) is 25.0 Å². The molecule has 1 saturated heterocycles. The largest absolute Gasteiger partial charge is 0.353 e. The maximum absolute atomic E-state index is 12.6. The van der Waals surface area contributed by atoms with Crippen molar-refractivity contribution in [3.05, 3.63) is 40.3 Å². The normalized spacial score (nSPS) is 17.8. The topological polar surface area (TPSA) is 54.3 Å². The SMILES string of the molecule is CN(C(=O)c1cnn(C)c1)C1CCCN(c2ncc(Cl)cc2Cl)C1. The summed E-state index contributed by atoms with van der Waals surface area (Å²) in [7, 11) is 3.63. The fourth-order valence-electron chi connectivity index (χ4n) is 3.00. The summed E-state index contributed by atoms with van der Waals surface area (Å²) in [5, 5.41) is 5.11. The number of carbonyl (C=O) groups excluding carboxylic acids is 1. The van der Waals surface area contributed by atoms with E-state index in [4.69, 9.17) is 23.2 Å². The van der Waals surface area contributed by atoms with E-state index in [1.807, 2.05) is 7.05 Å². The number of pyridine rings is 1. The van der Waals surface area contributed by atoms with Gasteiger partial charge in [-0.15, -0.1) is 0 Å².